The van der Waals surface area contributed by atoms with Gasteiger partial charge >= 0.3 is 0 Å². The Hall–Kier alpha value is -2.08. The maximum Gasteiger partial charge on any atom is 0.121 e. The minimum Gasteiger partial charge on any atom is -0.497 e. The van der Waals surface area contributed by atoms with Crippen LogP contribution in [0.1, 0.15) is 0 Å². The Morgan fingerprint density at radius 3 is 2.64 bits per heavy atom. The number of hydrogen-bond acceptors (Lipinski definition) is 5. The topological polar surface area (TPSA) is 51.6 Å². The fraction of sp³-hybridized carbons (Fsp3) is 0.250. The second kappa shape index (κ2) is 8.85. The summed E-state index contributed by atoms with van der Waals surface area (Å²) in [5.41, 5.74) is 3.24. The first kappa shape index (κ1) is 17.7. The molecule has 0 fully saturated rings. The molecule has 0 saturated carbocycles. The Morgan fingerprint density at radius 2 is 1.88 bits per heavy atom. The molecule has 0 aliphatic carbocycles. The largest absolute Gasteiger partial charge is 0.497 e. The summed E-state index contributed by atoms with van der Waals surface area (Å²) < 4.78 is 10.7. The summed E-state index contributed by atoms with van der Waals surface area (Å²) in [6, 6.07) is 18.4. The molecule has 1 N–H and O–H groups in total. The molecule has 3 rings (SSSR count). The van der Waals surface area contributed by atoms with Crippen LogP contribution in [-0.2, 0) is 4.74 Å². The molecule has 2 aromatic carbocycles. The number of hydrogen-bond donors (Lipinski definition) is 1. The van der Waals surface area contributed by atoms with Crippen molar-refractivity contribution < 1.29 is 14.6 Å². The van der Waals surface area contributed by atoms with E-state index in [1.807, 2.05) is 30.3 Å². The zero-order valence-corrected chi connectivity index (χ0v) is 15.0. The van der Waals surface area contributed by atoms with Gasteiger partial charge in [-0.1, -0.05) is 30.3 Å². The molecule has 4 nitrogen and oxygen atoms in total. The molecule has 0 saturated heterocycles. The summed E-state index contributed by atoms with van der Waals surface area (Å²) in [5.74, 6) is 1.59. The van der Waals surface area contributed by atoms with Crippen LogP contribution < -0.4 is 4.74 Å². The molecule has 1 aromatic heterocycles. The fourth-order valence-electron chi connectivity index (χ4n) is 2.61. The molecule has 0 radical (unpaired) electrons. The van der Waals surface area contributed by atoms with Gasteiger partial charge in [0.2, 0.25) is 0 Å². The van der Waals surface area contributed by atoms with Gasteiger partial charge in [0.15, 0.2) is 0 Å². The summed E-state index contributed by atoms with van der Waals surface area (Å²) >= 11 is 1.65. The Bertz CT molecular complexity index is 824. The van der Waals surface area contributed by atoms with Gasteiger partial charge in [0.1, 0.15) is 5.75 Å². The van der Waals surface area contributed by atoms with Gasteiger partial charge in [0.05, 0.1) is 37.5 Å². The number of methoxy groups -OCH3 is 1. The van der Waals surface area contributed by atoms with E-state index < -0.39 is 0 Å². The first-order chi connectivity index (χ1) is 12.3. The number of ether oxygens (including phenoxy) is 2. The van der Waals surface area contributed by atoms with Crippen molar-refractivity contribution in [2.24, 2.45) is 0 Å². The first-order valence-corrected chi connectivity index (χ1v) is 9.16. The Labute approximate surface area is 151 Å². The van der Waals surface area contributed by atoms with Crippen molar-refractivity contribution in [1.29, 1.82) is 0 Å². The van der Waals surface area contributed by atoms with Crippen LogP contribution >= 0.6 is 11.8 Å². The lowest BCUT2D eigenvalue weighted by Gasteiger charge is -2.11. The molecule has 0 atom stereocenters. The lowest BCUT2D eigenvalue weighted by molar-refractivity contribution is 0.103. The maximum atomic E-state index is 8.76. The molecule has 5 heteroatoms. The van der Waals surface area contributed by atoms with Gasteiger partial charge < -0.3 is 14.6 Å². The van der Waals surface area contributed by atoms with E-state index in [1.165, 1.54) is 5.56 Å². The molecule has 25 heavy (non-hydrogen) atoms. The second-order valence-electron chi connectivity index (χ2n) is 5.44. The highest BCUT2D eigenvalue weighted by atomic mass is 32.2. The monoisotopic (exact) mass is 355 g/mol. The third kappa shape index (κ3) is 4.51. The number of nitrogens with zero attached hydrogens (tertiary/aromatic N) is 1. The summed E-state index contributed by atoms with van der Waals surface area (Å²) in [4.78, 5) is 4.77. The van der Waals surface area contributed by atoms with E-state index in [-0.39, 0.29) is 6.61 Å². The zero-order valence-electron chi connectivity index (χ0n) is 14.1. The van der Waals surface area contributed by atoms with E-state index in [0.29, 0.717) is 13.2 Å². The molecular weight excluding hydrogens is 334 g/mol. The van der Waals surface area contributed by atoms with Crippen LogP contribution in [0.4, 0.5) is 0 Å². The number of aromatic nitrogens is 1. The predicted molar refractivity (Wildman–Crippen MR) is 102 cm³/mol. The fourth-order valence-corrected chi connectivity index (χ4v) is 3.39. The Kier molecular flexibility index (Phi) is 6.28. The molecule has 1 heterocycles. The zero-order chi connectivity index (χ0) is 17.5. The number of aliphatic hydroxyl groups is 1. The van der Waals surface area contributed by atoms with Crippen LogP contribution in [0.25, 0.3) is 22.0 Å². The van der Waals surface area contributed by atoms with E-state index >= 15 is 0 Å². The van der Waals surface area contributed by atoms with Crippen molar-refractivity contribution in [3.63, 3.8) is 0 Å². The second-order valence-corrected chi connectivity index (χ2v) is 6.56. The quantitative estimate of drug-likeness (QED) is 0.489. The number of fused-ring (bicyclic) bond motifs is 1. The molecular formula is C20H21NO3S. The third-order valence-corrected chi connectivity index (χ3v) is 4.67. The van der Waals surface area contributed by atoms with Gasteiger partial charge in [-0.15, -0.1) is 11.8 Å². The molecule has 0 amide bonds. The lowest BCUT2D eigenvalue weighted by Crippen LogP contribution is -2.02. The molecule has 0 bridgehead atoms. The Morgan fingerprint density at radius 1 is 1.04 bits per heavy atom. The lowest BCUT2D eigenvalue weighted by atomic mass is 10.0. The smallest absolute Gasteiger partial charge is 0.121 e. The van der Waals surface area contributed by atoms with Crippen molar-refractivity contribution in [1.82, 2.24) is 4.98 Å². The van der Waals surface area contributed by atoms with E-state index in [2.05, 4.69) is 24.3 Å². The highest BCUT2D eigenvalue weighted by Gasteiger charge is 2.09. The molecule has 3 aromatic rings. The summed E-state index contributed by atoms with van der Waals surface area (Å²) in [6.07, 6.45) is 0. The van der Waals surface area contributed by atoms with E-state index in [0.717, 1.165) is 33.0 Å². The van der Waals surface area contributed by atoms with Crippen LogP contribution in [0.2, 0.25) is 0 Å². The summed E-state index contributed by atoms with van der Waals surface area (Å²) in [7, 11) is 1.66. The third-order valence-electron chi connectivity index (χ3n) is 3.79. The van der Waals surface area contributed by atoms with Crippen LogP contribution in [0.5, 0.6) is 5.75 Å². The summed E-state index contributed by atoms with van der Waals surface area (Å²) in [5, 5.41) is 10.8. The molecule has 0 aliphatic rings. The van der Waals surface area contributed by atoms with Gasteiger partial charge in [-0.05, 0) is 29.3 Å². The molecule has 0 unspecified atom stereocenters. The van der Waals surface area contributed by atoms with Crippen LogP contribution in [0.15, 0.2) is 59.6 Å². The number of benzene rings is 2. The van der Waals surface area contributed by atoms with E-state index in [1.54, 1.807) is 18.9 Å². The number of thioether (sulfide) groups is 1. The SMILES string of the molecule is COc1ccc2c(-c3ccccc3)cc(SCCOCCO)nc2c1. The van der Waals surface area contributed by atoms with Crippen molar-refractivity contribution >= 4 is 22.7 Å². The van der Waals surface area contributed by atoms with Crippen LogP contribution in [0, 0.1) is 0 Å². The van der Waals surface area contributed by atoms with E-state index in [9.17, 15) is 0 Å². The standard InChI is InChI=1S/C20H21NO3S/c1-23-16-7-8-17-18(15-5-3-2-4-6-15)14-20(21-19(17)13-16)25-12-11-24-10-9-22/h2-8,13-14,22H,9-12H2,1H3. The highest BCUT2D eigenvalue weighted by Crippen LogP contribution is 2.33. The highest BCUT2D eigenvalue weighted by molar-refractivity contribution is 7.99. The Balaban J connectivity index is 1.94. The maximum absolute atomic E-state index is 8.76. The van der Waals surface area contributed by atoms with Crippen LogP contribution in [0.3, 0.4) is 0 Å². The van der Waals surface area contributed by atoms with Gasteiger partial charge in [0.25, 0.3) is 0 Å². The average molecular weight is 355 g/mol. The normalized spacial score (nSPS) is 11.0. The van der Waals surface area contributed by atoms with Crippen molar-refractivity contribution in [3.05, 3.63) is 54.6 Å². The first-order valence-electron chi connectivity index (χ1n) is 8.17. The van der Waals surface area contributed by atoms with Crippen molar-refractivity contribution in [3.8, 4) is 16.9 Å². The van der Waals surface area contributed by atoms with Gasteiger partial charge in [-0.2, -0.15) is 0 Å². The van der Waals surface area contributed by atoms with Gasteiger partial charge in [-0.3, -0.25) is 0 Å². The van der Waals surface area contributed by atoms with Crippen LogP contribution in [-0.4, -0.2) is 42.8 Å². The van der Waals surface area contributed by atoms with Gasteiger partial charge in [-0.25, -0.2) is 4.98 Å². The van der Waals surface area contributed by atoms with Crippen molar-refractivity contribution in [2.45, 2.75) is 5.03 Å². The van der Waals surface area contributed by atoms with E-state index in [4.69, 9.17) is 19.6 Å². The minimum absolute atomic E-state index is 0.0524. The molecule has 0 aliphatic heterocycles. The molecule has 130 valence electrons. The average Bonchev–Trinajstić information content (AvgIpc) is 2.67. The van der Waals surface area contributed by atoms with Gasteiger partial charge in [0, 0.05) is 17.2 Å². The number of aliphatic hydroxyl groups excluding tert-OH is 1. The molecule has 0 spiro atoms. The number of rotatable bonds is 8. The van der Waals surface area contributed by atoms with Crippen molar-refractivity contribution in [2.75, 3.05) is 32.7 Å². The summed E-state index contributed by atoms with van der Waals surface area (Å²) in [6.45, 7) is 1.01. The number of pyridine rings is 1. The minimum atomic E-state index is 0.0524. The predicted octanol–water partition coefficient (Wildman–Crippen LogP) is 4.01.